The summed E-state index contributed by atoms with van der Waals surface area (Å²) in [5.41, 5.74) is -0.728. The number of ether oxygens (including phenoxy) is 4. The van der Waals surface area contributed by atoms with Gasteiger partial charge in [-0.1, -0.05) is 25.0 Å². The molecule has 14 nitrogen and oxygen atoms in total. The zero-order chi connectivity index (χ0) is 36.1. The molecule has 4 N–H and O–H groups in total. The van der Waals surface area contributed by atoms with Crippen LogP contribution in [0.5, 0.6) is 11.5 Å². The van der Waals surface area contributed by atoms with Crippen molar-refractivity contribution in [3.63, 3.8) is 0 Å². The first-order valence-electron chi connectivity index (χ1n) is 17.8. The summed E-state index contributed by atoms with van der Waals surface area (Å²) in [7, 11) is 2.82. The number of benzene rings is 1. The Balaban J connectivity index is 1.32. The van der Waals surface area contributed by atoms with Gasteiger partial charge in [0.1, 0.15) is 47.2 Å². The van der Waals surface area contributed by atoms with Gasteiger partial charge in [0.2, 0.25) is 11.7 Å². The predicted octanol–water partition coefficient (Wildman–Crippen LogP) is 3.82. The number of rotatable bonds is 8. The molecule has 3 heterocycles. The number of amides is 2. The van der Waals surface area contributed by atoms with Crippen LogP contribution in [0, 0.1) is 11.3 Å². The van der Waals surface area contributed by atoms with Crippen LogP contribution < -0.4 is 20.1 Å². The van der Waals surface area contributed by atoms with Gasteiger partial charge >= 0.3 is 12.1 Å². The van der Waals surface area contributed by atoms with Gasteiger partial charge in [-0.2, -0.15) is 0 Å². The van der Waals surface area contributed by atoms with E-state index in [-0.39, 0.29) is 30.7 Å². The summed E-state index contributed by atoms with van der Waals surface area (Å²) in [5.74, 6) is -0.870. The highest BCUT2D eigenvalue weighted by Gasteiger charge is 2.61. The van der Waals surface area contributed by atoms with Crippen molar-refractivity contribution < 1.29 is 43.2 Å². The van der Waals surface area contributed by atoms with Crippen molar-refractivity contribution in [2.45, 2.75) is 107 Å². The molecule has 274 valence electrons. The lowest BCUT2D eigenvalue weighted by Crippen LogP contribution is -2.58. The molecule has 6 rings (SSSR count). The Morgan fingerprint density at radius 1 is 1.08 bits per heavy atom. The standard InChI is InChI=1S/C37H47N5O9/c1-48-24-14-15-26-28(16-24)39-29(31(43)20-38)18-32(26)50-25-17-30-33(44)41-37(35(46)49-2)19-22(37)10-6-4-3-5-7-13-27(34(45)42(30)21-25)40-36(47)51-23-11-8-9-12-23/h6,10,14-16,18,20,22-23,25,27,30,33,38,41,44H,3-5,7-9,11-13,17,19,21H2,1-2H3,(H,40,47)/b10-6-,38-20?/t22?,25?,27-,30-,33?,37+/m0/s1. The molecule has 2 aromatic rings. The van der Waals surface area contributed by atoms with Crippen LogP contribution in [0.3, 0.4) is 0 Å². The quantitative estimate of drug-likeness (QED) is 0.135. The number of pyridine rings is 1. The molecule has 2 amide bonds. The molecule has 14 heteroatoms. The fraction of sp³-hybridized carbons (Fsp3) is 0.568. The van der Waals surface area contributed by atoms with E-state index in [9.17, 15) is 24.3 Å². The summed E-state index contributed by atoms with van der Waals surface area (Å²) in [4.78, 5) is 59.1. The van der Waals surface area contributed by atoms with Crippen molar-refractivity contribution in [1.29, 1.82) is 5.41 Å². The van der Waals surface area contributed by atoms with Gasteiger partial charge < -0.3 is 39.7 Å². The van der Waals surface area contributed by atoms with Gasteiger partial charge in [-0.05, 0) is 63.5 Å². The maximum absolute atomic E-state index is 14.5. The van der Waals surface area contributed by atoms with Crippen molar-refractivity contribution in [3.8, 4) is 11.5 Å². The van der Waals surface area contributed by atoms with Crippen molar-refractivity contribution in [3.05, 3.63) is 42.1 Å². The zero-order valence-electron chi connectivity index (χ0n) is 29.1. The monoisotopic (exact) mass is 705 g/mol. The Morgan fingerprint density at radius 3 is 2.61 bits per heavy atom. The molecule has 1 saturated heterocycles. The average Bonchev–Trinajstić information content (AvgIpc) is 3.41. The van der Waals surface area contributed by atoms with E-state index in [1.54, 1.807) is 18.2 Å². The molecule has 4 aliphatic rings. The summed E-state index contributed by atoms with van der Waals surface area (Å²) in [6.07, 6.45) is 9.54. The van der Waals surface area contributed by atoms with Gasteiger partial charge in [0.05, 0.1) is 38.5 Å². The maximum atomic E-state index is 14.5. The number of allylic oxidation sites excluding steroid dienone is 1. The van der Waals surface area contributed by atoms with Gasteiger partial charge in [0.25, 0.3) is 0 Å². The van der Waals surface area contributed by atoms with Crippen LogP contribution in [-0.4, -0.2) is 102 Å². The van der Waals surface area contributed by atoms with E-state index in [1.807, 2.05) is 12.2 Å². The highest BCUT2D eigenvalue weighted by atomic mass is 16.6. The summed E-state index contributed by atoms with van der Waals surface area (Å²) in [6, 6.07) is 4.84. The molecule has 1 aromatic carbocycles. The smallest absolute Gasteiger partial charge is 0.408 e. The molecule has 0 spiro atoms. The molecule has 2 aliphatic heterocycles. The van der Waals surface area contributed by atoms with E-state index < -0.39 is 53.7 Å². The fourth-order valence-electron chi connectivity index (χ4n) is 7.61. The number of hydrogen-bond acceptors (Lipinski definition) is 12. The molecular formula is C37H47N5O9. The van der Waals surface area contributed by atoms with Crippen LogP contribution in [0.25, 0.3) is 10.9 Å². The van der Waals surface area contributed by atoms with Crippen LogP contribution in [0.1, 0.15) is 81.1 Å². The third kappa shape index (κ3) is 8.01. The number of ketones is 1. The molecular weight excluding hydrogens is 658 g/mol. The number of aliphatic hydroxyl groups is 1. The van der Waals surface area contributed by atoms with E-state index >= 15 is 0 Å². The number of hydrogen-bond donors (Lipinski definition) is 4. The average molecular weight is 706 g/mol. The Kier molecular flexibility index (Phi) is 11.2. The third-order valence-electron chi connectivity index (χ3n) is 10.5. The second-order valence-corrected chi connectivity index (χ2v) is 13.9. The molecule has 1 aromatic heterocycles. The number of alkyl carbamates (subject to hydrolysis) is 1. The van der Waals surface area contributed by atoms with E-state index in [4.69, 9.17) is 24.4 Å². The lowest BCUT2D eigenvalue weighted by atomic mass is 10.0. The molecule has 6 atom stereocenters. The van der Waals surface area contributed by atoms with Crippen LogP contribution >= 0.6 is 0 Å². The summed E-state index contributed by atoms with van der Waals surface area (Å²) < 4.78 is 22.7. The first-order chi connectivity index (χ1) is 24.6. The minimum Gasteiger partial charge on any atom is -0.497 e. The molecule has 0 radical (unpaired) electrons. The second-order valence-electron chi connectivity index (χ2n) is 13.9. The molecule has 2 saturated carbocycles. The SMILES string of the molecule is COC(=O)[C@@]12CC1/C=C\CCCCC[C@H](NC(=O)OC1CCCC1)C(=O)N1CC(Oc3cc(C(=O)C=N)nc4cc(OC)ccc34)C[C@H]1C(O)N2. The fourth-order valence-corrected chi connectivity index (χ4v) is 7.61. The number of nitrogens with one attached hydrogen (secondary N) is 3. The number of carbonyl (C=O) groups is 4. The van der Waals surface area contributed by atoms with E-state index in [1.165, 1.54) is 25.2 Å². The second kappa shape index (κ2) is 15.8. The van der Waals surface area contributed by atoms with Gasteiger partial charge in [-0.15, -0.1) is 0 Å². The van der Waals surface area contributed by atoms with Crippen molar-refractivity contribution in [2.75, 3.05) is 20.8 Å². The molecule has 3 unspecified atom stereocenters. The Labute approximate surface area is 296 Å². The van der Waals surface area contributed by atoms with E-state index in [0.717, 1.165) is 44.9 Å². The number of Topliss-reactive ketones (excluding diaryl/α,β-unsaturated/α-hetero) is 1. The predicted molar refractivity (Wildman–Crippen MR) is 186 cm³/mol. The Hall–Kier alpha value is -4.56. The van der Waals surface area contributed by atoms with E-state index in [0.29, 0.717) is 47.9 Å². The largest absolute Gasteiger partial charge is 0.497 e. The molecule has 2 aliphatic carbocycles. The number of fused-ring (bicyclic) bond motifs is 3. The van der Waals surface area contributed by atoms with Gasteiger partial charge in [0.15, 0.2) is 0 Å². The zero-order valence-corrected chi connectivity index (χ0v) is 29.1. The van der Waals surface area contributed by atoms with Crippen molar-refractivity contribution in [1.82, 2.24) is 20.5 Å². The first-order valence-corrected chi connectivity index (χ1v) is 17.8. The normalized spacial score (nSPS) is 29.1. The number of methoxy groups -OCH3 is 2. The van der Waals surface area contributed by atoms with Crippen LogP contribution in [-0.2, 0) is 19.1 Å². The van der Waals surface area contributed by atoms with Crippen molar-refractivity contribution in [2.24, 2.45) is 5.92 Å². The molecule has 51 heavy (non-hydrogen) atoms. The highest BCUT2D eigenvalue weighted by molar-refractivity contribution is 6.34. The van der Waals surface area contributed by atoms with E-state index in [2.05, 4.69) is 15.6 Å². The lowest BCUT2D eigenvalue weighted by molar-refractivity contribution is -0.147. The number of nitrogens with zero attached hydrogens (tertiary/aromatic N) is 2. The lowest BCUT2D eigenvalue weighted by Gasteiger charge is -2.33. The van der Waals surface area contributed by atoms with Crippen LogP contribution in [0.4, 0.5) is 4.79 Å². The topological polar surface area (TPSA) is 189 Å². The first kappa shape index (κ1) is 36.2. The number of aliphatic hydroxyl groups excluding tert-OH is 1. The summed E-state index contributed by atoms with van der Waals surface area (Å²) in [5, 5.41) is 25.8. The highest BCUT2D eigenvalue weighted by Crippen LogP contribution is 2.46. The summed E-state index contributed by atoms with van der Waals surface area (Å²) in [6.45, 7) is 0.0421. The van der Waals surface area contributed by atoms with Gasteiger partial charge in [-0.25, -0.2) is 9.78 Å². The van der Waals surface area contributed by atoms with Gasteiger partial charge in [-0.3, -0.25) is 19.7 Å². The number of carbonyl (C=O) groups excluding carboxylic acids is 4. The molecule has 0 bridgehead atoms. The van der Waals surface area contributed by atoms with Crippen LogP contribution in [0.2, 0.25) is 0 Å². The minimum atomic E-state index is -1.36. The Bertz CT molecular complexity index is 1680. The van der Waals surface area contributed by atoms with Crippen LogP contribution in [0.15, 0.2) is 36.4 Å². The number of esters is 1. The number of aromatic nitrogens is 1. The van der Waals surface area contributed by atoms with Gasteiger partial charge in [0, 0.05) is 29.9 Å². The third-order valence-corrected chi connectivity index (χ3v) is 10.5. The summed E-state index contributed by atoms with van der Waals surface area (Å²) >= 11 is 0. The Morgan fingerprint density at radius 2 is 1.86 bits per heavy atom. The minimum absolute atomic E-state index is 0.00395. The molecule has 3 fully saturated rings. The van der Waals surface area contributed by atoms with Crippen molar-refractivity contribution >= 4 is 40.9 Å². The maximum Gasteiger partial charge on any atom is 0.408 e.